The Morgan fingerprint density at radius 2 is 1.48 bits per heavy atom. The third kappa shape index (κ3) is 4.88. The minimum absolute atomic E-state index is 0.0848. The van der Waals surface area contributed by atoms with Crippen LogP contribution in [0.2, 0.25) is 0 Å². The number of nitrogens with one attached hydrogen (secondary N) is 1. The Morgan fingerprint density at radius 3 is 2.03 bits per heavy atom. The van der Waals surface area contributed by atoms with Gasteiger partial charge in [0.15, 0.2) is 0 Å². The standard InChI is InChI=1S/C25H33N3O/c1-17(2)28(18(3)4)25(29)21-10-8-19(9-11-21)24(20-12-14-27-15-13-20)22-6-5-7-23(26)16-22/h5-11,16-18,27H,12-15,26H2,1-4H3. The van der Waals surface area contributed by atoms with Gasteiger partial charge in [-0.05, 0) is 94.6 Å². The van der Waals surface area contributed by atoms with Gasteiger partial charge in [0.2, 0.25) is 0 Å². The van der Waals surface area contributed by atoms with Gasteiger partial charge in [-0.25, -0.2) is 0 Å². The SMILES string of the molecule is CC(C)N(C(=O)c1ccc(C(=C2CCNCC2)c2cccc(N)c2)cc1)C(C)C. The number of rotatable bonds is 5. The van der Waals surface area contributed by atoms with Gasteiger partial charge in [0.05, 0.1) is 0 Å². The number of carbonyl (C=O) groups excluding carboxylic acids is 1. The van der Waals surface area contributed by atoms with Crippen LogP contribution in [0.4, 0.5) is 5.69 Å². The molecule has 1 fully saturated rings. The van der Waals surface area contributed by atoms with E-state index in [0.717, 1.165) is 48.3 Å². The van der Waals surface area contributed by atoms with Gasteiger partial charge in [-0.1, -0.05) is 29.8 Å². The van der Waals surface area contributed by atoms with Gasteiger partial charge in [0.25, 0.3) is 5.91 Å². The molecule has 3 rings (SSSR count). The second-order valence-corrected chi connectivity index (χ2v) is 8.33. The highest BCUT2D eigenvalue weighted by molar-refractivity contribution is 5.95. The molecule has 0 spiro atoms. The van der Waals surface area contributed by atoms with Crippen molar-refractivity contribution < 1.29 is 4.79 Å². The number of hydrogen-bond donors (Lipinski definition) is 2. The first kappa shape index (κ1) is 21.1. The maximum Gasteiger partial charge on any atom is 0.254 e. The molecule has 2 aromatic carbocycles. The van der Waals surface area contributed by atoms with E-state index in [-0.39, 0.29) is 18.0 Å². The van der Waals surface area contributed by atoms with Crippen LogP contribution in [0.5, 0.6) is 0 Å². The molecule has 0 aromatic heterocycles. The predicted octanol–water partition coefficient (Wildman–Crippen LogP) is 4.71. The zero-order valence-electron chi connectivity index (χ0n) is 18.0. The Kier molecular flexibility index (Phi) is 6.75. The third-order valence-corrected chi connectivity index (χ3v) is 5.50. The van der Waals surface area contributed by atoms with Crippen LogP contribution < -0.4 is 11.1 Å². The van der Waals surface area contributed by atoms with Crippen LogP contribution in [0.3, 0.4) is 0 Å². The van der Waals surface area contributed by atoms with E-state index in [1.807, 2.05) is 35.2 Å². The van der Waals surface area contributed by atoms with Gasteiger partial charge < -0.3 is 16.0 Å². The van der Waals surface area contributed by atoms with Crippen LogP contribution in [0.15, 0.2) is 54.1 Å². The van der Waals surface area contributed by atoms with E-state index in [9.17, 15) is 4.79 Å². The van der Waals surface area contributed by atoms with Crippen molar-refractivity contribution in [1.29, 1.82) is 0 Å². The topological polar surface area (TPSA) is 58.4 Å². The Hall–Kier alpha value is -2.59. The van der Waals surface area contributed by atoms with Crippen LogP contribution in [0.25, 0.3) is 5.57 Å². The first-order valence-electron chi connectivity index (χ1n) is 10.6. The summed E-state index contributed by atoms with van der Waals surface area (Å²) in [4.78, 5) is 14.9. The number of nitrogens with zero attached hydrogens (tertiary/aromatic N) is 1. The molecular formula is C25H33N3O. The number of benzene rings is 2. The molecular weight excluding hydrogens is 358 g/mol. The van der Waals surface area contributed by atoms with Gasteiger partial charge >= 0.3 is 0 Å². The molecule has 154 valence electrons. The Bertz CT molecular complexity index is 865. The van der Waals surface area contributed by atoms with Crippen molar-refractivity contribution in [2.24, 2.45) is 0 Å². The van der Waals surface area contributed by atoms with E-state index < -0.39 is 0 Å². The van der Waals surface area contributed by atoms with Crippen LogP contribution in [-0.4, -0.2) is 36.0 Å². The third-order valence-electron chi connectivity index (χ3n) is 5.50. The molecule has 1 aliphatic heterocycles. The molecule has 0 unspecified atom stereocenters. The molecule has 2 aromatic rings. The number of amides is 1. The number of nitrogens with two attached hydrogens (primary N) is 1. The monoisotopic (exact) mass is 391 g/mol. The van der Waals surface area contributed by atoms with Crippen molar-refractivity contribution in [2.45, 2.75) is 52.6 Å². The largest absolute Gasteiger partial charge is 0.399 e. The molecule has 4 nitrogen and oxygen atoms in total. The molecule has 3 N–H and O–H groups in total. The van der Waals surface area contributed by atoms with Gasteiger partial charge in [-0.15, -0.1) is 0 Å². The summed E-state index contributed by atoms with van der Waals surface area (Å²) in [6, 6.07) is 16.5. The molecule has 1 aliphatic rings. The molecule has 0 saturated carbocycles. The number of anilines is 1. The predicted molar refractivity (Wildman–Crippen MR) is 122 cm³/mol. The maximum atomic E-state index is 13.0. The van der Waals surface area contributed by atoms with Crippen LogP contribution in [0, 0.1) is 0 Å². The molecule has 29 heavy (non-hydrogen) atoms. The normalized spacial score (nSPS) is 14.3. The van der Waals surface area contributed by atoms with Crippen molar-refractivity contribution in [3.63, 3.8) is 0 Å². The van der Waals surface area contributed by atoms with E-state index in [4.69, 9.17) is 5.73 Å². The fourth-order valence-electron chi connectivity index (χ4n) is 4.24. The highest BCUT2D eigenvalue weighted by atomic mass is 16.2. The summed E-state index contributed by atoms with van der Waals surface area (Å²) in [5.74, 6) is 0.0848. The second kappa shape index (κ2) is 9.27. The van der Waals surface area contributed by atoms with Crippen molar-refractivity contribution in [3.05, 3.63) is 70.8 Å². The summed E-state index contributed by atoms with van der Waals surface area (Å²) >= 11 is 0. The van der Waals surface area contributed by atoms with Crippen molar-refractivity contribution >= 4 is 17.2 Å². The first-order valence-corrected chi connectivity index (χ1v) is 10.6. The molecule has 4 heteroatoms. The molecule has 0 bridgehead atoms. The van der Waals surface area contributed by atoms with Gasteiger partial charge in [-0.2, -0.15) is 0 Å². The quantitative estimate of drug-likeness (QED) is 0.726. The lowest BCUT2D eigenvalue weighted by molar-refractivity contribution is 0.0643. The Balaban J connectivity index is 1.99. The van der Waals surface area contributed by atoms with Crippen LogP contribution >= 0.6 is 0 Å². The zero-order valence-corrected chi connectivity index (χ0v) is 18.0. The molecule has 0 aliphatic carbocycles. The maximum absolute atomic E-state index is 13.0. The minimum atomic E-state index is 0.0848. The van der Waals surface area contributed by atoms with E-state index in [1.54, 1.807) is 0 Å². The highest BCUT2D eigenvalue weighted by Gasteiger charge is 2.22. The van der Waals surface area contributed by atoms with Crippen LogP contribution in [0.1, 0.15) is 62.0 Å². The fraction of sp³-hybridized carbons (Fsp3) is 0.400. The van der Waals surface area contributed by atoms with E-state index in [1.165, 1.54) is 11.1 Å². The molecule has 1 heterocycles. The average molecular weight is 392 g/mol. The van der Waals surface area contributed by atoms with Gasteiger partial charge in [0.1, 0.15) is 0 Å². The number of carbonyl (C=O) groups is 1. The number of piperidine rings is 1. The summed E-state index contributed by atoms with van der Waals surface area (Å²) in [7, 11) is 0. The zero-order chi connectivity index (χ0) is 21.0. The van der Waals surface area contributed by atoms with Crippen molar-refractivity contribution in [3.8, 4) is 0 Å². The Morgan fingerprint density at radius 1 is 0.897 bits per heavy atom. The summed E-state index contributed by atoms with van der Waals surface area (Å²) in [5.41, 5.74) is 12.6. The van der Waals surface area contributed by atoms with Gasteiger partial charge in [0, 0.05) is 23.3 Å². The van der Waals surface area contributed by atoms with Gasteiger partial charge in [-0.3, -0.25) is 4.79 Å². The lowest BCUT2D eigenvalue weighted by Gasteiger charge is -2.31. The molecule has 1 amide bonds. The smallest absolute Gasteiger partial charge is 0.254 e. The number of hydrogen-bond acceptors (Lipinski definition) is 3. The van der Waals surface area contributed by atoms with Crippen molar-refractivity contribution in [2.75, 3.05) is 18.8 Å². The average Bonchev–Trinajstić information content (AvgIpc) is 2.69. The lowest BCUT2D eigenvalue weighted by atomic mass is 9.88. The summed E-state index contributed by atoms with van der Waals surface area (Å²) in [5, 5.41) is 3.43. The van der Waals surface area contributed by atoms with E-state index in [0.29, 0.717) is 0 Å². The lowest BCUT2D eigenvalue weighted by Crippen LogP contribution is -2.42. The minimum Gasteiger partial charge on any atom is -0.399 e. The van der Waals surface area contributed by atoms with E-state index in [2.05, 4.69) is 51.2 Å². The number of nitrogen functional groups attached to an aromatic ring is 1. The second-order valence-electron chi connectivity index (χ2n) is 8.33. The summed E-state index contributed by atoms with van der Waals surface area (Å²) < 4.78 is 0. The molecule has 0 atom stereocenters. The summed E-state index contributed by atoms with van der Waals surface area (Å²) in [6.07, 6.45) is 2.05. The first-order chi connectivity index (χ1) is 13.9. The highest BCUT2D eigenvalue weighted by Crippen LogP contribution is 2.32. The van der Waals surface area contributed by atoms with Crippen molar-refractivity contribution in [1.82, 2.24) is 10.2 Å². The van der Waals surface area contributed by atoms with E-state index >= 15 is 0 Å². The summed E-state index contributed by atoms with van der Waals surface area (Å²) in [6.45, 7) is 10.2. The molecule has 0 radical (unpaired) electrons. The molecule has 1 saturated heterocycles. The van der Waals surface area contributed by atoms with Crippen LogP contribution in [-0.2, 0) is 0 Å². The fourth-order valence-corrected chi connectivity index (χ4v) is 4.24. The Labute approximate surface area is 174 Å².